The Hall–Kier alpha value is -2.82. The van der Waals surface area contributed by atoms with Crippen LogP contribution in [-0.2, 0) is 12.8 Å². The third kappa shape index (κ3) is 3.02. The summed E-state index contributed by atoms with van der Waals surface area (Å²) < 4.78 is 5.25. The topological polar surface area (TPSA) is 85.2 Å². The van der Waals surface area contributed by atoms with Crippen LogP contribution in [0.1, 0.15) is 11.5 Å². The van der Waals surface area contributed by atoms with Gasteiger partial charge in [0.25, 0.3) is 0 Å². The molecule has 0 aliphatic rings. The van der Waals surface area contributed by atoms with Gasteiger partial charge in [-0.3, -0.25) is 0 Å². The maximum Gasteiger partial charge on any atom is 0.227 e. The number of aromatic hydroxyl groups is 1. The molecule has 0 fully saturated rings. The van der Waals surface area contributed by atoms with Crippen LogP contribution in [-0.4, -0.2) is 15.2 Å². The molecule has 2 aromatic carbocycles. The normalized spacial score (nSPS) is 10.7. The summed E-state index contributed by atoms with van der Waals surface area (Å²) in [5.41, 5.74) is 8.56. The molecular weight excluding hydrogens is 266 g/mol. The number of nitrogens with two attached hydrogens (primary N) is 1. The van der Waals surface area contributed by atoms with E-state index in [-0.39, 0.29) is 5.75 Å². The smallest absolute Gasteiger partial charge is 0.227 e. The number of nitrogens with zero attached hydrogens (tertiary/aromatic N) is 2. The maximum atomic E-state index is 9.27. The molecule has 0 bridgehead atoms. The minimum absolute atomic E-state index is 0.210. The van der Waals surface area contributed by atoms with Gasteiger partial charge in [0, 0.05) is 17.7 Å². The quantitative estimate of drug-likeness (QED) is 0.718. The van der Waals surface area contributed by atoms with Crippen LogP contribution in [0.5, 0.6) is 5.75 Å². The number of rotatable bonds is 4. The van der Waals surface area contributed by atoms with Gasteiger partial charge in [0.1, 0.15) is 5.75 Å². The molecule has 0 saturated heterocycles. The monoisotopic (exact) mass is 281 g/mol. The highest BCUT2D eigenvalue weighted by Crippen LogP contribution is 2.20. The van der Waals surface area contributed by atoms with Crippen molar-refractivity contribution >= 4 is 5.69 Å². The molecule has 1 heterocycles. The van der Waals surface area contributed by atoms with Crippen LogP contribution in [0.4, 0.5) is 5.69 Å². The van der Waals surface area contributed by atoms with Crippen LogP contribution in [0.25, 0.3) is 11.4 Å². The van der Waals surface area contributed by atoms with Crippen molar-refractivity contribution in [1.82, 2.24) is 10.1 Å². The summed E-state index contributed by atoms with van der Waals surface area (Å²) in [6.45, 7) is 0. The van der Waals surface area contributed by atoms with Gasteiger partial charge < -0.3 is 15.4 Å². The number of phenolic OH excluding ortho intramolecular Hbond substituents is 1. The number of phenols is 1. The van der Waals surface area contributed by atoms with Crippen molar-refractivity contribution < 1.29 is 9.63 Å². The first-order valence-electron chi connectivity index (χ1n) is 6.68. The van der Waals surface area contributed by atoms with Crippen LogP contribution >= 0.6 is 0 Å². The highest BCUT2D eigenvalue weighted by atomic mass is 16.5. The minimum Gasteiger partial charge on any atom is -0.508 e. The Balaban J connectivity index is 1.71. The summed E-state index contributed by atoms with van der Waals surface area (Å²) in [5, 5.41) is 13.2. The number of hydrogen-bond acceptors (Lipinski definition) is 5. The highest BCUT2D eigenvalue weighted by molar-refractivity contribution is 5.55. The summed E-state index contributed by atoms with van der Waals surface area (Å²) in [5.74, 6) is 1.30. The summed E-state index contributed by atoms with van der Waals surface area (Å²) in [7, 11) is 0. The van der Waals surface area contributed by atoms with E-state index in [0.29, 0.717) is 18.1 Å². The Morgan fingerprint density at radius 2 is 1.76 bits per heavy atom. The number of para-hydroxylation sites is 1. The third-order valence-corrected chi connectivity index (χ3v) is 3.26. The second kappa shape index (κ2) is 5.66. The van der Waals surface area contributed by atoms with Crippen molar-refractivity contribution in [2.75, 3.05) is 5.73 Å². The molecule has 5 nitrogen and oxygen atoms in total. The van der Waals surface area contributed by atoms with Gasteiger partial charge in [-0.05, 0) is 42.3 Å². The van der Waals surface area contributed by atoms with Crippen molar-refractivity contribution in [2.45, 2.75) is 12.8 Å². The van der Waals surface area contributed by atoms with E-state index in [2.05, 4.69) is 10.1 Å². The van der Waals surface area contributed by atoms with Crippen LogP contribution in [0, 0.1) is 0 Å². The molecule has 0 radical (unpaired) electrons. The van der Waals surface area contributed by atoms with E-state index >= 15 is 0 Å². The molecule has 0 aliphatic heterocycles. The summed E-state index contributed by atoms with van der Waals surface area (Å²) in [6, 6.07) is 14.4. The number of nitrogen functional groups attached to an aromatic ring is 1. The minimum atomic E-state index is 0.210. The highest BCUT2D eigenvalue weighted by Gasteiger charge is 2.09. The fourth-order valence-corrected chi connectivity index (χ4v) is 2.09. The Morgan fingerprint density at radius 1 is 1.00 bits per heavy atom. The molecule has 21 heavy (non-hydrogen) atoms. The van der Waals surface area contributed by atoms with Crippen molar-refractivity contribution in [3.63, 3.8) is 0 Å². The molecule has 0 unspecified atom stereocenters. The van der Waals surface area contributed by atoms with Crippen molar-refractivity contribution in [3.8, 4) is 17.1 Å². The SMILES string of the molecule is Nc1ccccc1CCc1nc(-c2ccc(O)cc2)no1. The van der Waals surface area contributed by atoms with E-state index in [1.165, 1.54) is 0 Å². The first-order chi connectivity index (χ1) is 10.2. The third-order valence-electron chi connectivity index (χ3n) is 3.26. The second-order valence-corrected chi connectivity index (χ2v) is 4.76. The van der Waals surface area contributed by atoms with Crippen LogP contribution < -0.4 is 5.73 Å². The molecule has 0 aliphatic carbocycles. The molecule has 1 aromatic heterocycles. The van der Waals surface area contributed by atoms with Crippen LogP contribution in [0.2, 0.25) is 0 Å². The Morgan fingerprint density at radius 3 is 2.52 bits per heavy atom. The van der Waals surface area contributed by atoms with E-state index in [1.54, 1.807) is 24.3 Å². The summed E-state index contributed by atoms with van der Waals surface area (Å²) in [6.07, 6.45) is 1.39. The number of aryl methyl sites for hydroxylation is 2. The fourth-order valence-electron chi connectivity index (χ4n) is 2.09. The molecule has 3 N–H and O–H groups in total. The predicted octanol–water partition coefficient (Wildman–Crippen LogP) is 2.81. The lowest BCUT2D eigenvalue weighted by molar-refractivity contribution is 0.379. The summed E-state index contributed by atoms with van der Waals surface area (Å²) >= 11 is 0. The van der Waals surface area contributed by atoms with Gasteiger partial charge in [-0.2, -0.15) is 4.98 Å². The fraction of sp³-hybridized carbons (Fsp3) is 0.125. The van der Waals surface area contributed by atoms with Gasteiger partial charge in [0.2, 0.25) is 11.7 Å². The van der Waals surface area contributed by atoms with E-state index in [0.717, 1.165) is 23.2 Å². The standard InChI is InChI=1S/C16H15N3O2/c17-14-4-2-1-3-11(14)7-10-15-18-16(19-21-15)12-5-8-13(20)9-6-12/h1-6,8-9,20H,7,10,17H2. The Kier molecular flexibility index (Phi) is 3.55. The zero-order valence-electron chi connectivity index (χ0n) is 11.4. The average Bonchev–Trinajstić information content (AvgIpc) is 2.96. The van der Waals surface area contributed by atoms with Gasteiger partial charge in [-0.15, -0.1) is 0 Å². The van der Waals surface area contributed by atoms with Crippen LogP contribution in [0.3, 0.4) is 0 Å². The zero-order chi connectivity index (χ0) is 14.7. The maximum absolute atomic E-state index is 9.27. The van der Waals surface area contributed by atoms with E-state index in [1.807, 2.05) is 24.3 Å². The largest absolute Gasteiger partial charge is 0.508 e. The summed E-state index contributed by atoms with van der Waals surface area (Å²) in [4.78, 5) is 4.35. The van der Waals surface area contributed by atoms with Crippen molar-refractivity contribution in [3.05, 3.63) is 60.0 Å². The number of anilines is 1. The van der Waals surface area contributed by atoms with Gasteiger partial charge in [0.15, 0.2) is 0 Å². The van der Waals surface area contributed by atoms with Gasteiger partial charge >= 0.3 is 0 Å². The molecule has 0 atom stereocenters. The molecule has 0 saturated carbocycles. The Bertz CT molecular complexity index is 735. The van der Waals surface area contributed by atoms with Gasteiger partial charge in [-0.1, -0.05) is 23.4 Å². The van der Waals surface area contributed by atoms with Crippen molar-refractivity contribution in [1.29, 1.82) is 0 Å². The lowest BCUT2D eigenvalue weighted by Gasteiger charge is -2.02. The number of benzene rings is 2. The molecule has 3 aromatic rings. The zero-order valence-corrected chi connectivity index (χ0v) is 11.4. The Labute approximate surface area is 122 Å². The van der Waals surface area contributed by atoms with E-state index < -0.39 is 0 Å². The predicted molar refractivity (Wildman–Crippen MR) is 79.7 cm³/mol. The first kappa shape index (κ1) is 13.2. The molecule has 0 amide bonds. The second-order valence-electron chi connectivity index (χ2n) is 4.76. The molecule has 5 heteroatoms. The molecule has 0 spiro atoms. The van der Waals surface area contributed by atoms with E-state index in [9.17, 15) is 5.11 Å². The lowest BCUT2D eigenvalue weighted by Crippen LogP contribution is -1.97. The average molecular weight is 281 g/mol. The number of hydrogen-bond donors (Lipinski definition) is 2. The van der Waals surface area contributed by atoms with Crippen molar-refractivity contribution in [2.24, 2.45) is 0 Å². The molecular formula is C16H15N3O2. The molecule has 106 valence electrons. The lowest BCUT2D eigenvalue weighted by atomic mass is 10.1. The van der Waals surface area contributed by atoms with Crippen LogP contribution in [0.15, 0.2) is 53.1 Å². The first-order valence-corrected chi connectivity index (χ1v) is 6.68. The van der Waals surface area contributed by atoms with Gasteiger partial charge in [0.05, 0.1) is 0 Å². The van der Waals surface area contributed by atoms with E-state index in [4.69, 9.17) is 10.3 Å². The molecule has 3 rings (SSSR count). The van der Waals surface area contributed by atoms with Gasteiger partial charge in [-0.25, -0.2) is 0 Å². The number of aromatic nitrogens is 2.